The van der Waals surface area contributed by atoms with Crippen LogP contribution < -0.4 is 14.7 Å². The molecule has 11 heteroatoms. The summed E-state index contributed by atoms with van der Waals surface area (Å²) in [6.45, 7) is 1.75. The summed E-state index contributed by atoms with van der Waals surface area (Å²) in [5, 5.41) is 23.2. The van der Waals surface area contributed by atoms with E-state index in [9.17, 15) is 9.90 Å². The lowest BCUT2D eigenvalue weighted by Gasteiger charge is -2.07. The molecule has 0 saturated carbocycles. The van der Waals surface area contributed by atoms with Gasteiger partial charge >= 0.3 is 5.16 Å². The molecule has 36 heavy (non-hydrogen) atoms. The fourth-order valence-electron chi connectivity index (χ4n) is 3.30. The SMILES string of the molecule is COc1cc(/C(C)=N\NC(=O)CSc2n[nH]c(-c3ccc(Cl)cc3)[n+]2-c2ccc(Cl)cc2)ccc1O. The summed E-state index contributed by atoms with van der Waals surface area (Å²) in [7, 11) is 1.47. The average Bonchev–Trinajstić information content (AvgIpc) is 3.31. The number of H-pyrrole nitrogens is 1. The predicted molar refractivity (Wildman–Crippen MR) is 141 cm³/mol. The molecule has 0 aliphatic carbocycles. The maximum atomic E-state index is 12.6. The van der Waals surface area contributed by atoms with E-state index in [0.717, 1.165) is 17.1 Å². The van der Waals surface area contributed by atoms with Crippen molar-refractivity contribution >= 4 is 46.6 Å². The molecule has 0 atom stereocenters. The number of hydrogen-bond donors (Lipinski definition) is 3. The highest BCUT2D eigenvalue weighted by Crippen LogP contribution is 2.26. The molecular formula is C25H22Cl2N5O3S+. The number of benzene rings is 3. The van der Waals surface area contributed by atoms with Gasteiger partial charge in [0.2, 0.25) is 0 Å². The van der Waals surface area contributed by atoms with Crippen LogP contribution in [0.2, 0.25) is 10.0 Å². The molecule has 0 saturated heterocycles. The van der Waals surface area contributed by atoms with E-state index in [4.69, 9.17) is 27.9 Å². The summed E-state index contributed by atoms with van der Waals surface area (Å²) in [6.07, 6.45) is 0. The number of ether oxygens (including phenoxy) is 1. The maximum Gasteiger partial charge on any atom is 0.342 e. The number of hydrogen-bond acceptors (Lipinski definition) is 6. The summed E-state index contributed by atoms with van der Waals surface area (Å²) in [6, 6.07) is 19.6. The molecule has 1 aromatic heterocycles. The van der Waals surface area contributed by atoms with E-state index in [1.54, 1.807) is 43.3 Å². The number of methoxy groups -OCH3 is 1. The van der Waals surface area contributed by atoms with Crippen LogP contribution in [-0.2, 0) is 4.79 Å². The number of phenolic OH excluding ortho intramolecular Hbond substituents is 1. The van der Waals surface area contributed by atoms with Gasteiger partial charge in [-0.25, -0.2) is 5.43 Å². The second-order valence-corrected chi connectivity index (χ2v) is 9.40. The zero-order valence-corrected chi connectivity index (χ0v) is 21.7. The molecule has 3 N–H and O–H groups in total. The smallest absolute Gasteiger partial charge is 0.342 e. The van der Waals surface area contributed by atoms with Crippen molar-refractivity contribution in [3.05, 3.63) is 82.3 Å². The van der Waals surface area contributed by atoms with Gasteiger partial charge in [0, 0.05) is 15.6 Å². The van der Waals surface area contributed by atoms with Gasteiger partial charge in [-0.15, -0.1) is 5.10 Å². The van der Waals surface area contributed by atoms with Gasteiger partial charge in [0.1, 0.15) is 5.69 Å². The fraction of sp³-hybridized carbons (Fsp3) is 0.120. The Morgan fingerprint density at radius 2 is 1.78 bits per heavy atom. The van der Waals surface area contributed by atoms with E-state index in [1.165, 1.54) is 24.9 Å². The minimum absolute atomic E-state index is 0.0282. The number of carbonyl (C=O) groups is 1. The lowest BCUT2D eigenvalue weighted by Crippen LogP contribution is -2.34. The number of thioether (sulfide) groups is 1. The van der Waals surface area contributed by atoms with Crippen LogP contribution in [0.3, 0.4) is 0 Å². The molecule has 4 aromatic rings. The number of nitrogens with one attached hydrogen (secondary N) is 2. The molecule has 0 spiro atoms. The van der Waals surface area contributed by atoms with Crippen LogP contribution in [0.4, 0.5) is 0 Å². The first-order chi connectivity index (χ1) is 17.4. The van der Waals surface area contributed by atoms with E-state index in [-0.39, 0.29) is 17.4 Å². The number of aromatic hydroxyl groups is 1. The summed E-state index contributed by atoms with van der Waals surface area (Å²) >= 11 is 13.4. The minimum atomic E-state index is -0.302. The van der Waals surface area contributed by atoms with Crippen LogP contribution in [0.15, 0.2) is 77.0 Å². The van der Waals surface area contributed by atoms with E-state index in [2.05, 4.69) is 20.7 Å². The summed E-state index contributed by atoms with van der Waals surface area (Å²) < 4.78 is 7.03. The lowest BCUT2D eigenvalue weighted by atomic mass is 10.1. The molecule has 1 heterocycles. The van der Waals surface area contributed by atoms with Crippen molar-refractivity contribution in [2.45, 2.75) is 12.1 Å². The molecule has 0 bridgehead atoms. The Balaban J connectivity index is 1.51. The van der Waals surface area contributed by atoms with E-state index < -0.39 is 0 Å². The van der Waals surface area contributed by atoms with E-state index in [1.807, 2.05) is 28.8 Å². The normalized spacial score (nSPS) is 11.4. The molecule has 0 radical (unpaired) electrons. The Morgan fingerprint density at radius 3 is 2.44 bits per heavy atom. The van der Waals surface area contributed by atoms with Gasteiger partial charge < -0.3 is 9.84 Å². The van der Waals surface area contributed by atoms with E-state index in [0.29, 0.717) is 32.2 Å². The second-order valence-electron chi connectivity index (χ2n) is 7.58. The summed E-state index contributed by atoms with van der Waals surface area (Å²) in [5.74, 6) is 0.857. The van der Waals surface area contributed by atoms with Gasteiger partial charge in [0.25, 0.3) is 11.7 Å². The molecule has 4 rings (SSSR count). The van der Waals surface area contributed by atoms with Crippen molar-refractivity contribution in [1.29, 1.82) is 0 Å². The molecule has 0 aliphatic rings. The molecule has 184 valence electrons. The van der Waals surface area contributed by atoms with Gasteiger partial charge in [-0.3, -0.25) is 4.79 Å². The van der Waals surface area contributed by atoms with Crippen molar-refractivity contribution in [3.63, 3.8) is 0 Å². The summed E-state index contributed by atoms with van der Waals surface area (Å²) in [4.78, 5) is 12.6. The number of phenols is 1. The highest BCUT2D eigenvalue weighted by Gasteiger charge is 2.24. The number of nitrogens with zero attached hydrogens (tertiary/aromatic N) is 3. The molecule has 0 aliphatic heterocycles. The summed E-state index contributed by atoms with van der Waals surface area (Å²) in [5.41, 5.74) is 5.54. The molecule has 0 unspecified atom stereocenters. The number of rotatable bonds is 8. The topological polar surface area (TPSA) is 103 Å². The van der Waals surface area contributed by atoms with Crippen LogP contribution in [0, 0.1) is 0 Å². The zero-order valence-electron chi connectivity index (χ0n) is 19.3. The molecule has 8 nitrogen and oxygen atoms in total. The third-order valence-electron chi connectivity index (χ3n) is 5.15. The standard InChI is InChI=1S/C25H21Cl2N5O3S/c1-15(17-5-12-21(33)22(13-17)35-2)28-29-23(34)14-36-25-31-30-24(16-3-6-18(26)7-4-16)32(25)20-10-8-19(27)9-11-20/h3-13H,14H2,1-2H3,(H2,28,29,33,34)/p+1. The van der Waals surface area contributed by atoms with Crippen molar-refractivity contribution in [1.82, 2.24) is 15.6 Å². The highest BCUT2D eigenvalue weighted by molar-refractivity contribution is 7.99. The zero-order chi connectivity index (χ0) is 25.7. The first kappa shape index (κ1) is 25.6. The van der Waals surface area contributed by atoms with Crippen LogP contribution in [0.25, 0.3) is 17.1 Å². The third kappa shape index (κ3) is 5.99. The predicted octanol–water partition coefficient (Wildman–Crippen LogP) is 5.01. The fourth-order valence-corrected chi connectivity index (χ4v) is 4.31. The van der Waals surface area contributed by atoms with Crippen molar-refractivity contribution in [2.75, 3.05) is 12.9 Å². The van der Waals surface area contributed by atoms with Crippen LogP contribution >= 0.6 is 35.0 Å². The van der Waals surface area contributed by atoms with Crippen molar-refractivity contribution in [3.8, 4) is 28.6 Å². The number of amides is 1. The number of aromatic amines is 1. The Labute approximate surface area is 221 Å². The second kappa shape index (κ2) is 11.5. The number of halogens is 2. The monoisotopic (exact) mass is 542 g/mol. The Kier molecular flexibility index (Phi) is 8.14. The Bertz CT molecular complexity index is 1410. The maximum absolute atomic E-state index is 12.6. The molecule has 3 aromatic carbocycles. The third-order valence-corrected chi connectivity index (χ3v) is 6.60. The Hall–Kier alpha value is -3.53. The van der Waals surface area contributed by atoms with Crippen LogP contribution in [-0.4, -0.2) is 39.8 Å². The number of carbonyl (C=O) groups excluding carboxylic acids is 1. The van der Waals surface area contributed by atoms with Gasteiger partial charge in [-0.05, 0) is 85.4 Å². The van der Waals surface area contributed by atoms with Gasteiger partial charge in [-0.1, -0.05) is 23.2 Å². The first-order valence-corrected chi connectivity index (χ1v) is 12.5. The lowest BCUT2D eigenvalue weighted by molar-refractivity contribution is -0.625. The van der Waals surface area contributed by atoms with Crippen molar-refractivity contribution in [2.24, 2.45) is 5.10 Å². The highest BCUT2D eigenvalue weighted by atomic mass is 35.5. The van der Waals surface area contributed by atoms with Crippen LogP contribution in [0.5, 0.6) is 11.5 Å². The molecule has 1 amide bonds. The minimum Gasteiger partial charge on any atom is -0.504 e. The Morgan fingerprint density at radius 1 is 1.11 bits per heavy atom. The van der Waals surface area contributed by atoms with Crippen molar-refractivity contribution < 1.29 is 19.2 Å². The quantitative estimate of drug-likeness (QED) is 0.126. The molecular weight excluding hydrogens is 521 g/mol. The largest absolute Gasteiger partial charge is 0.504 e. The first-order valence-electron chi connectivity index (χ1n) is 10.7. The van der Waals surface area contributed by atoms with Crippen LogP contribution in [0.1, 0.15) is 12.5 Å². The van der Waals surface area contributed by atoms with Gasteiger partial charge in [-0.2, -0.15) is 9.67 Å². The average molecular weight is 543 g/mol. The van der Waals surface area contributed by atoms with Gasteiger partial charge in [0.05, 0.1) is 29.2 Å². The van der Waals surface area contributed by atoms with Gasteiger partial charge in [0.15, 0.2) is 11.5 Å². The number of hydrazone groups is 1. The molecule has 0 fully saturated rings. The van der Waals surface area contributed by atoms with E-state index >= 15 is 0 Å². The number of aromatic nitrogens is 3.